The van der Waals surface area contributed by atoms with Crippen LogP contribution in [-0.2, 0) is 0 Å². The molecule has 1 saturated heterocycles. The Morgan fingerprint density at radius 1 is 0.861 bits per heavy atom. The number of aromatic carboxylic acids is 1. The highest BCUT2D eigenvalue weighted by atomic mass is 16.4. The van der Waals surface area contributed by atoms with Gasteiger partial charge in [-0.15, -0.1) is 0 Å². The van der Waals surface area contributed by atoms with Crippen molar-refractivity contribution in [1.82, 2.24) is 14.6 Å². The molecule has 6 nitrogen and oxygen atoms in total. The normalized spacial score (nSPS) is 18.1. The molecule has 0 unspecified atom stereocenters. The van der Waals surface area contributed by atoms with E-state index in [0.717, 1.165) is 33.3 Å². The van der Waals surface area contributed by atoms with E-state index in [1.165, 1.54) is 24.9 Å². The van der Waals surface area contributed by atoms with Crippen LogP contribution in [0.2, 0.25) is 0 Å². The van der Waals surface area contributed by atoms with Gasteiger partial charge in [0.25, 0.3) is 0 Å². The summed E-state index contributed by atoms with van der Waals surface area (Å²) in [5.74, 6) is -0.935. The first kappa shape index (κ1) is 22.3. The number of aromatic nitrogens is 3. The molecule has 0 saturated carbocycles. The molecule has 36 heavy (non-hydrogen) atoms. The SMILES string of the molecule is C[C@@H]1CCC[C@H](C)N1c1ccc(-c2cnc3c(-c4cccc5c(C(=O)O)cccc45)cnn3c2)cc1. The predicted molar refractivity (Wildman–Crippen MR) is 144 cm³/mol. The van der Waals surface area contributed by atoms with E-state index in [-0.39, 0.29) is 5.56 Å². The number of piperidine rings is 1. The van der Waals surface area contributed by atoms with Gasteiger partial charge in [0.1, 0.15) is 0 Å². The van der Waals surface area contributed by atoms with Crippen LogP contribution < -0.4 is 4.90 Å². The summed E-state index contributed by atoms with van der Waals surface area (Å²) in [5.41, 5.74) is 6.18. The molecule has 2 aromatic heterocycles. The quantitative estimate of drug-likeness (QED) is 0.313. The van der Waals surface area contributed by atoms with Crippen molar-refractivity contribution in [2.24, 2.45) is 0 Å². The number of carboxylic acid groups (broad SMARTS) is 1. The van der Waals surface area contributed by atoms with Crippen LogP contribution in [-0.4, -0.2) is 37.8 Å². The molecule has 6 heteroatoms. The van der Waals surface area contributed by atoms with E-state index in [2.05, 4.69) is 48.1 Å². The lowest BCUT2D eigenvalue weighted by Gasteiger charge is -2.41. The Kier molecular flexibility index (Phi) is 5.44. The van der Waals surface area contributed by atoms with Gasteiger partial charge in [-0.1, -0.05) is 42.5 Å². The van der Waals surface area contributed by atoms with Gasteiger partial charge >= 0.3 is 5.97 Å². The molecule has 1 aliphatic rings. The van der Waals surface area contributed by atoms with Crippen molar-refractivity contribution in [2.45, 2.75) is 45.2 Å². The predicted octanol–water partition coefficient (Wildman–Crippen LogP) is 6.68. The number of benzene rings is 3. The summed E-state index contributed by atoms with van der Waals surface area (Å²) in [6.07, 6.45) is 9.46. The van der Waals surface area contributed by atoms with Crippen molar-refractivity contribution in [3.05, 3.63) is 84.8 Å². The molecular weight excluding hydrogens is 448 g/mol. The highest BCUT2D eigenvalue weighted by molar-refractivity contribution is 6.09. The van der Waals surface area contributed by atoms with Crippen molar-refractivity contribution in [3.63, 3.8) is 0 Å². The smallest absolute Gasteiger partial charge is 0.336 e. The van der Waals surface area contributed by atoms with Gasteiger partial charge in [-0.25, -0.2) is 14.3 Å². The fourth-order valence-corrected chi connectivity index (χ4v) is 5.70. The average molecular weight is 477 g/mol. The Morgan fingerprint density at radius 2 is 1.58 bits per heavy atom. The van der Waals surface area contributed by atoms with E-state index in [1.54, 1.807) is 22.8 Å². The summed E-state index contributed by atoms with van der Waals surface area (Å²) >= 11 is 0. The third-order valence-electron chi connectivity index (χ3n) is 7.49. The maximum absolute atomic E-state index is 11.7. The molecule has 0 amide bonds. The Hall–Kier alpha value is -4.19. The number of fused-ring (bicyclic) bond motifs is 2. The molecule has 3 heterocycles. The largest absolute Gasteiger partial charge is 0.478 e. The van der Waals surface area contributed by atoms with Crippen LogP contribution in [0.1, 0.15) is 43.5 Å². The number of rotatable bonds is 4. The maximum atomic E-state index is 11.7. The Labute approximate surface area is 209 Å². The number of nitrogens with zero attached hydrogens (tertiary/aromatic N) is 4. The highest BCUT2D eigenvalue weighted by Crippen LogP contribution is 2.34. The van der Waals surface area contributed by atoms with Crippen LogP contribution >= 0.6 is 0 Å². The summed E-state index contributed by atoms with van der Waals surface area (Å²) < 4.78 is 1.80. The van der Waals surface area contributed by atoms with Gasteiger partial charge in [-0.05, 0) is 73.2 Å². The number of hydrogen-bond acceptors (Lipinski definition) is 4. The minimum atomic E-state index is -0.935. The van der Waals surface area contributed by atoms with E-state index >= 15 is 0 Å². The van der Waals surface area contributed by atoms with Gasteiger partial charge in [0.15, 0.2) is 5.65 Å². The maximum Gasteiger partial charge on any atom is 0.336 e. The first-order valence-corrected chi connectivity index (χ1v) is 12.5. The van der Waals surface area contributed by atoms with Crippen LogP contribution in [0.25, 0.3) is 38.7 Å². The fourth-order valence-electron chi connectivity index (χ4n) is 5.70. The summed E-state index contributed by atoms with van der Waals surface area (Å²) in [4.78, 5) is 19.0. The lowest BCUT2D eigenvalue weighted by Crippen LogP contribution is -2.43. The van der Waals surface area contributed by atoms with Gasteiger partial charge in [0.05, 0.1) is 11.8 Å². The Balaban J connectivity index is 1.36. The van der Waals surface area contributed by atoms with Gasteiger partial charge in [0.2, 0.25) is 0 Å². The summed E-state index contributed by atoms with van der Waals surface area (Å²) in [6.45, 7) is 4.63. The van der Waals surface area contributed by atoms with E-state index in [1.807, 2.05) is 36.7 Å². The molecular formula is C30H28N4O2. The van der Waals surface area contributed by atoms with E-state index in [9.17, 15) is 9.90 Å². The second kappa shape index (κ2) is 8.79. The minimum absolute atomic E-state index is 0.290. The third-order valence-corrected chi connectivity index (χ3v) is 7.49. The number of carbonyl (C=O) groups is 1. The van der Waals surface area contributed by atoms with Crippen molar-refractivity contribution >= 4 is 28.1 Å². The molecule has 1 N–H and O–H groups in total. The third kappa shape index (κ3) is 3.70. The van der Waals surface area contributed by atoms with Crippen molar-refractivity contribution < 1.29 is 9.90 Å². The van der Waals surface area contributed by atoms with Crippen molar-refractivity contribution in [3.8, 4) is 22.3 Å². The van der Waals surface area contributed by atoms with Crippen LogP contribution in [0.4, 0.5) is 5.69 Å². The molecule has 0 radical (unpaired) electrons. The molecule has 6 rings (SSSR count). The Bertz CT molecular complexity index is 1580. The topological polar surface area (TPSA) is 70.7 Å². The number of anilines is 1. The summed E-state index contributed by atoms with van der Waals surface area (Å²) in [7, 11) is 0. The zero-order valence-corrected chi connectivity index (χ0v) is 20.4. The van der Waals surface area contributed by atoms with E-state index in [4.69, 9.17) is 4.98 Å². The van der Waals surface area contributed by atoms with Crippen LogP contribution in [0.15, 0.2) is 79.3 Å². The summed E-state index contributed by atoms with van der Waals surface area (Å²) in [6, 6.07) is 20.9. The fraction of sp³-hybridized carbons (Fsp3) is 0.233. The highest BCUT2D eigenvalue weighted by Gasteiger charge is 2.24. The van der Waals surface area contributed by atoms with E-state index < -0.39 is 5.97 Å². The summed E-state index contributed by atoms with van der Waals surface area (Å²) in [5, 5.41) is 15.8. The lowest BCUT2D eigenvalue weighted by molar-refractivity contribution is 0.0699. The van der Waals surface area contributed by atoms with Crippen LogP contribution in [0, 0.1) is 0 Å². The average Bonchev–Trinajstić information content (AvgIpc) is 3.31. The molecule has 0 spiro atoms. The zero-order chi connectivity index (χ0) is 24.8. The monoisotopic (exact) mass is 476 g/mol. The zero-order valence-electron chi connectivity index (χ0n) is 20.4. The van der Waals surface area contributed by atoms with Crippen molar-refractivity contribution in [1.29, 1.82) is 0 Å². The molecule has 0 aliphatic carbocycles. The van der Waals surface area contributed by atoms with Crippen LogP contribution in [0.3, 0.4) is 0 Å². The standard InChI is InChI=1S/C30H28N4O2/c1-19-6-3-7-20(2)34(19)23-14-12-21(13-15-23)22-16-31-29-28(17-32-33(29)18-22)26-10-4-9-25-24(26)8-5-11-27(25)30(35)36/h4-5,8-20H,3,6-7H2,1-2H3,(H,35,36)/t19-,20+. The molecule has 180 valence electrons. The van der Waals surface area contributed by atoms with Gasteiger partial charge < -0.3 is 10.0 Å². The second-order valence-electron chi connectivity index (χ2n) is 9.76. The molecule has 2 atom stereocenters. The second-order valence-corrected chi connectivity index (χ2v) is 9.76. The lowest BCUT2D eigenvalue weighted by atomic mass is 9.96. The van der Waals surface area contributed by atoms with Crippen LogP contribution in [0.5, 0.6) is 0 Å². The van der Waals surface area contributed by atoms with Gasteiger partial charge in [0, 0.05) is 41.3 Å². The first-order chi connectivity index (χ1) is 17.5. The van der Waals surface area contributed by atoms with Crippen molar-refractivity contribution in [2.75, 3.05) is 4.90 Å². The molecule has 5 aromatic rings. The molecule has 1 fully saturated rings. The van der Waals surface area contributed by atoms with E-state index in [0.29, 0.717) is 17.5 Å². The van der Waals surface area contributed by atoms with Gasteiger partial charge in [-0.3, -0.25) is 0 Å². The number of hydrogen-bond donors (Lipinski definition) is 1. The molecule has 0 bridgehead atoms. The first-order valence-electron chi connectivity index (χ1n) is 12.5. The molecule has 3 aromatic carbocycles. The van der Waals surface area contributed by atoms with Gasteiger partial charge in [-0.2, -0.15) is 5.10 Å². The Morgan fingerprint density at radius 3 is 2.33 bits per heavy atom. The minimum Gasteiger partial charge on any atom is -0.478 e. The molecule has 1 aliphatic heterocycles. The number of carboxylic acids is 1.